The maximum Gasteiger partial charge on any atom is 0.392 e. The molecule has 2 aromatic carbocycles. The lowest BCUT2D eigenvalue weighted by Gasteiger charge is -2.26. The van der Waals surface area contributed by atoms with E-state index in [1.807, 2.05) is 6.92 Å². The van der Waals surface area contributed by atoms with Crippen LogP contribution in [-0.2, 0) is 22.4 Å². The summed E-state index contributed by atoms with van der Waals surface area (Å²) in [5.41, 5.74) is 1.24. The average molecular weight is 439 g/mol. The van der Waals surface area contributed by atoms with Crippen LogP contribution in [0.2, 0.25) is 0 Å². The molecule has 0 unspecified atom stereocenters. The number of rotatable bonds is 8. The van der Waals surface area contributed by atoms with Crippen molar-refractivity contribution in [2.45, 2.75) is 45.7 Å². The van der Waals surface area contributed by atoms with Gasteiger partial charge in [-0.05, 0) is 41.7 Å². The van der Waals surface area contributed by atoms with Gasteiger partial charge < -0.3 is 10.4 Å². The van der Waals surface area contributed by atoms with Crippen LogP contribution in [-0.4, -0.2) is 23.2 Å². The summed E-state index contributed by atoms with van der Waals surface area (Å²) in [4.78, 5) is 23.9. The zero-order chi connectivity index (χ0) is 23.3. The molecule has 0 saturated heterocycles. The monoisotopic (exact) mass is 439 g/mol. The number of carbonyl (C=O) groups excluding carboxylic acids is 1. The molecule has 0 spiro atoms. The predicted octanol–water partition coefficient (Wildman–Crippen LogP) is 5.57. The molecular formula is C23H25F4NO3. The van der Waals surface area contributed by atoms with E-state index < -0.39 is 41.6 Å². The van der Waals surface area contributed by atoms with E-state index >= 15 is 0 Å². The normalized spacial score (nSPS) is 14.5. The van der Waals surface area contributed by atoms with Crippen molar-refractivity contribution in [2.24, 2.45) is 11.8 Å². The van der Waals surface area contributed by atoms with Gasteiger partial charge in [0.05, 0.1) is 23.4 Å². The third-order valence-electron chi connectivity index (χ3n) is 5.30. The van der Waals surface area contributed by atoms with E-state index in [2.05, 4.69) is 5.32 Å². The number of aliphatic carboxylic acids is 1. The number of hydrogen-bond donors (Lipinski definition) is 2. The fourth-order valence-electron chi connectivity index (χ4n) is 3.26. The Labute approximate surface area is 178 Å². The predicted molar refractivity (Wildman–Crippen MR) is 109 cm³/mol. The molecule has 2 rings (SSSR count). The minimum Gasteiger partial charge on any atom is -0.481 e. The van der Waals surface area contributed by atoms with Crippen LogP contribution in [0.15, 0.2) is 42.5 Å². The third-order valence-corrected chi connectivity index (χ3v) is 5.30. The lowest BCUT2D eigenvalue weighted by atomic mass is 9.85. The maximum atomic E-state index is 14.3. The van der Waals surface area contributed by atoms with Crippen molar-refractivity contribution in [1.82, 2.24) is 0 Å². The second kappa shape index (κ2) is 9.94. The number of anilines is 1. The molecule has 0 radical (unpaired) electrons. The molecule has 0 aromatic heterocycles. The van der Waals surface area contributed by atoms with Crippen LogP contribution in [0.25, 0.3) is 0 Å². The first-order valence-electron chi connectivity index (χ1n) is 9.91. The summed E-state index contributed by atoms with van der Waals surface area (Å²) in [6.07, 6.45) is -3.86. The SMILES string of the molecule is CCc1ccc([C@@H](C(=O)Nc2cc(C[C@@H](C)C(=O)O)ccc2F)[C@@H](C)C(F)(F)F)cc1. The van der Waals surface area contributed by atoms with Crippen molar-refractivity contribution in [3.8, 4) is 0 Å². The summed E-state index contributed by atoms with van der Waals surface area (Å²) < 4.78 is 54.7. The molecular weight excluding hydrogens is 414 g/mol. The van der Waals surface area contributed by atoms with E-state index in [4.69, 9.17) is 5.11 Å². The van der Waals surface area contributed by atoms with Crippen LogP contribution in [0, 0.1) is 17.7 Å². The first-order valence-corrected chi connectivity index (χ1v) is 9.91. The summed E-state index contributed by atoms with van der Waals surface area (Å²) in [6, 6.07) is 9.96. The summed E-state index contributed by atoms with van der Waals surface area (Å²) in [5.74, 6) is -7.17. The zero-order valence-corrected chi connectivity index (χ0v) is 17.5. The highest BCUT2D eigenvalue weighted by molar-refractivity contribution is 5.96. The fraction of sp³-hybridized carbons (Fsp3) is 0.391. The van der Waals surface area contributed by atoms with Crippen molar-refractivity contribution in [3.05, 3.63) is 65.0 Å². The van der Waals surface area contributed by atoms with E-state index in [-0.39, 0.29) is 17.7 Å². The summed E-state index contributed by atoms with van der Waals surface area (Å²) in [5, 5.41) is 11.3. The van der Waals surface area contributed by atoms with Crippen LogP contribution in [0.5, 0.6) is 0 Å². The Morgan fingerprint density at radius 3 is 2.13 bits per heavy atom. The van der Waals surface area contributed by atoms with Gasteiger partial charge in [0.25, 0.3) is 0 Å². The summed E-state index contributed by atoms with van der Waals surface area (Å²) in [6.45, 7) is 4.29. The fourth-order valence-corrected chi connectivity index (χ4v) is 3.26. The highest BCUT2D eigenvalue weighted by Crippen LogP contribution is 2.38. The number of benzene rings is 2. The van der Waals surface area contributed by atoms with Crippen LogP contribution in [0.1, 0.15) is 43.4 Å². The first kappa shape index (κ1) is 24.4. The highest BCUT2D eigenvalue weighted by Gasteiger charge is 2.45. The van der Waals surface area contributed by atoms with Crippen LogP contribution in [0.3, 0.4) is 0 Å². The quantitative estimate of drug-likeness (QED) is 0.529. The minimum absolute atomic E-state index is 0.0827. The van der Waals surface area contributed by atoms with Gasteiger partial charge in [-0.1, -0.05) is 51.1 Å². The van der Waals surface area contributed by atoms with Gasteiger partial charge in [-0.3, -0.25) is 9.59 Å². The lowest BCUT2D eigenvalue weighted by Crippen LogP contribution is -2.34. The van der Waals surface area contributed by atoms with Crippen LogP contribution < -0.4 is 5.32 Å². The van der Waals surface area contributed by atoms with Gasteiger partial charge in [0.2, 0.25) is 5.91 Å². The molecule has 0 aliphatic carbocycles. The number of amides is 1. The Balaban J connectivity index is 2.35. The van der Waals surface area contributed by atoms with Crippen molar-refractivity contribution in [3.63, 3.8) is 0 Å². The second-order valence-corrected chi connectivity index (χ2v) is 7.65. The summed E-state index contributed by atoms with van der Waals surface area (Å²) >= 11 is 0. The molecule has 2 aromatic rings. The maximum absolute atomic E-state index is 14.3. The molecule has 0 fully saturated rings. The molecule has 0 aliphatic heterocycles. The van der Waals surface area contributed by atoms with Crippen LogP contribution >= 0.6 is 0 Å². The van der Waals surface area contributed by atoms with E-state index in [0.29, 0.717) is 12.0 Å². The number of carbonyl (C=O) groups is 2. The Kier molecular flexibility index (Phi) is 7.81. The topological polar surface area (TPSA) is 66.4 Å². The molecule has 8 heteroatoms. The Morgan fingerprint density at radius 2 is 1.61 bits per heavy atom. The molecule has 0 heterocycles. The Hall–Kier alpha value is -2.90. The Bertz CT molecular complexity index is 925. The number of halogens is 4. The van der Waals surface area contributed by atoms with Gasteiger partial charge >= 0.3 is 12.1 Å². The largest absolute Gasteiger partial charge is 0.481 e. The van der Waals surface area contributed by atoms with Gasteiger partial charge in [-0.2, -0.15) is 13.2 Å². The van der Waals surface area contributed by atoms with Crippen molar-refractivity contribution >= 4 is 17.6 Å². The van der Waals surface area contributed by atoms with Gasteiger partial charge in [-0.25, -0.2) is 4.39 Å². The highest BCUT2D eigenvalue weighted by atomic mass is 19.4. The Morgan fingerprint density at radius 1 is 1.03 bits per heavy atom. The number of alkyl halides is 3. The number of carboxylic acid groups (broad SMARTS) is 1. The lowest BCUT2D eigenvalue weighted by molar-refractivity contribution is -0.178. The standard InChI is InChI=1S/C23H25F4NO3/c1-4-15-5-8-17(9-6-15)20(14(3)23(25,26)27)21(29)28-19-12-16(7-10-18(19)24)11-13(2)22(30)31/h5-10,12-14,20H,4,11H2,1-3H3,(H,28,29)(H,30,31)/t13-,14-,20+/m1/s1. The smallest absolute Gasteiger partial charge is 0.392 e. The van der Waals surface area contributed by atoms with E-state index in [9.17, 15) is 27.2 Å². The minimum atomic E-state index is -4.64. The van der Waals surface area contributed by atoms with E-state index in [1.165, 1.54) is 31.2 Å². The van der Waals surface area contributed by atoms with Crippen LogP contribution in [0.4, 0.5) is 23.2 Å². The molecule has 2 N–H and O–H groups in total. The van der Waals surface area contributed by atoms with Gasteiger partial charge in [-0.15, -0.1) is 0 Å². The number of carboxylic acids is 1. The molecule has 0 bridgehead atoms. The average Bonchev–Trinajstić information content (AvgIpc) is 2.70. The summed E-state index contributed by atoms with van der Waals surface area (Å²) in [7, 11) is 0. The molecule has 0 aliphatic rings. The molecule has 4 nitrogen and oxygen atoms in total. The molecule has 3 atom stereocenters. The van der Waals surface area contributed by atoms with Crippen molar-refractivity contribution in [2.75, 3.05) is 5.32 Å². The van der Waals surface area contributed by atoms with Gasteiger partial charge in [0.15, 0.2) is 0 Å². The van der Waals surface area contributed by atoms with Crippen molar-refractivity contribution in [1.29, 1.82) is 0 Å². The molecule has 1 amide bonds. The van der Waals surface area contributed by atoms with E-state index in [1.54, 1.807) is 12.1 Å². The third kappa shape index (κ3) is 6.29. The van der Waals surface area contributed by atoms with E-state index in [0.717, 1.165) is 18.6 Å². The van der Waals surface area contributed by atoms with Gasteiger partial charge in [0.1, 0.15) is 5.82 Å². The zero-order valence-electron chi connectivity index (χ0n) is 17.5. The van der Waals surface area contributed by atoms with Crippen molar-refractivity contribution < 1.29 is 32.3 Å². The molecule has 168 valence electrons. The number of nitrogens with one attached hydrogen (secondary N) is 1. The second-order valence-electron chi connectivity index (χ2n) is 7.65. The first-order chi connectivity index (χ1) is 14.4. The molecule has 31 heavy (non-hydrogen) atoms. The number of aryl methyl sites for hydroxylation is 1. The number of hydrogen-bond acceptors (Lipinski definition) is 2. The molecule has 0 saturated carbocycles. The van der Waals surface area contributed by atoms with Gasteiger partial charge in [0, 0.05) is 0 Å².